The number of rotatable bonds is 6. The molecule has 2 aromatic carbocycles. The molecular weight excluding hydrogens is 400 g/mol. The van der Waals surface area contributed by atoms with E-state index in [0.29, 0.717) is 34.5 Å². The lowest BCUT2D eigenvalue weighted by molar-refractivity contribution is 0.0978. The summed E-state index contributed by atoms with van der Waals surface area (Å²) in [6.45, 7) is 1.28. The zero-order valence-corrected chi connectivity index (χ0v) is 17.6. The van der Waals surface area contributed by atoms with Crippen molar-refractivity contribution >= 4 is 22.8 Å². The quantitative estimate of drug-likeness (QED) is 0.658. The van der Waals surface area contributed by atoms with Crippen LogP contribution in [0.15, 0.2) is 59.7 Å². The molecule has 0 spiro atoms. The predicted octanol–water partition coefficient (Wildman–Crippen LogP) is 3.45. The van der Waals surface area contributed by atoms with E-state index in [1.165, 1.54) is 0 Å². The molecule has 7 nitrogen and oxygen atoms in total. The van der Waals surface area contributed by atoms with Crippen molar-refractivity contribution in [3.05, 3.63) is 65.9 Å². The highest BCUT2D eigenvalue weighted by molar-refractivity contribution is 8.14. The van der Waals surface area contributed by atoms with E-state index in [4.69, 9.17) is 14.6 Å². The van der Waals surface area contributed by atoms with Gasteiger partial charge in [-0.05, 0) is 23.8 Å². The van der Waals surface area contributed by atoms with Gasteiger partial charge in [0.25, 0.3) is 5.91 Å². The number of nitrogens with zero attached hydrogens (tertiary/aromatic N) is 3. The Bertz CT molecular complexity index is 1080. The molecule has 1 aliphatic heterocycles. The molecule has 2 heterocycles. The second kappa shape index (κ2) is 9.04. The van der Waals surface area contributed by atoms with Crippen molar-refractivity contribution in [2.24, 2.45) is 4.99 Å². The molecule has 3 aromatic rings. The van der Waals surface area contributed by atoms with Gasteiger partial charge in [-0.2, -0.15) is 5.10 Å². The molecule has 0 atom stereocenters. The SMILES string of the molecule is COc1ccc(-c2nn(Cc3ccccc3)cc2C(=O)NC2=NCCS2)cc1OC. The number of amidine groups is 1. The first kappa shape index (κ1) is 20.0. The summed E-state index contributed by atoms with van der Waals surface area (Å²) in [4.78, 5) is 17.3. The van der Waals surface area contributed by atoms with Crippen molar-refractivity contribution in [1.82, 2.24) is 15.1 Å². The number of aliphatic imine (C=N–C) groups is 1. The third-order valence-corrected chi connectivity index (χ3v) is 5.55. The van der Waals surface area contributed by atoms with Gasteiger partial charge in [0, 0.05) is 17.5 Å². The van der Waals surface area contributed by atoms with E-state index in [-0.39, 0.29) is 5.91 Å². The molecule has 1 amide bonds. The number of hydrogen-bond donors (Lipinski definition) is 1. The van der Waals surface area contributed by atoms with Gasteiger partial charge < -0.3 is 14.8 Å². The lowest BCUT2D eigenvalue weighted by Gasteiger charge is -2.09. The minimum atomic E-state index is -0.229. The van der Waals surface area contributed by atoms with Crippen LogP contribution in [0.2, 0.25) is 0 Å². The Labute approximate surface area is 179 Å². The van der Waals surface area contributed by atoms with Gasteiger partial charge in [0.05, 0.1) is 32.9 Å². The molecule has 0 fully saturated rings. The van der Waals surface area contributed by atoms with E-state index in [1.807, 2.05) is 48.5 Å². The van der Waals surface area contributed by atoms with Crippen LogP contribution in [0.1, 0.15) is 15.9 Å². The standard InChI is InChI=1S/C22H22N4O3S/c1-28-18-9-8-16(12-19(18)29-2)20-17(21(27)24-22-23-10-11-30-22)14-26(25-20)13-15-6-4-3-5-7-15/h3-9,12,14H,10-11,13H2,1-2H3,(H,23,24,27). The van der Waals surface area contributed by atoms with Crippen molar-refractivity contribution in [2.45, 2.75) is 6.54 Å². The molecule has 0 aliphatic carbocycles. The van der Waals surface area contributed by atoms with E-state index >= 15 is 0 Å². The number of aromatic nitrogens is 2. The highest BCUT2D eigenvalue weighted by atomic mass is 32.2. The van der Waals surface area contributed by atoms with Crippen molar-refractivity contribution in [3.8, 4) is 22.8 Å². The van der Waals surface area contributed by atoms with E-state index in [1.54, 1.807) is 36.9 Å². The maximum absolute atomic E-state index is 13.0. The number of carbonyl (C=O) groups is 1. The summed E-state index contributed by atoms with van der Waals surface area (Å²) >= 11 is 1.54. The van der Waals surface area contributed by atoms with Gasteiger partial charge in [-0.1, -0.05) is 42.1 Å². The van der Waals surface area contributed by atoms with Crippen molar-refractivity contribution in [3.63, 3.8) is 0 Å². The van der Waals surface area contributed by atoms with Gasteiger partial charge in [0.15, 0.2) is 16.7 Å². The molecule has 0 bridgehead atoms. The largest absolute Gasteiger partial charge is 0.493 e. The Morgan fingerprint density at radius 2 is 1.93 bits per heavy atom. The number of methoxy groups -OCH3 is 2. The van der Waals surface area contributed by atoms with Gasteiger partial charge in [-0.3, -0.25) is 14.5 Å². The first-order valence-corrected chi connectivity index (χ1v) is 10.5. The molecule has 0 radical (unpaired) electrons. The van der Waals surface area contributed by atoms with E-state index in [2.05, 4.69) is 10.3 Å². The van der Waals surface area contributed by atoms with Gasteiger partial charge in [-0.25, -0.2) is 0 Å². The van der Waals surface area contributed by atoms with Crippen LogP contribution >= 0.6 is 11.8 Å². The first-order valence-electron chi connectivity index (χ1n) is 9.50. The molecule has 0 unspecified atom stereocenters. The van der Waals surface area contributed by atoms with Crippen LogP contribution < -0.4 is 14.8 Å². The van der Waals surface area contributed by atoms with Crippen LogP contribution in [-0.4, -0.2) is 47.4 Å². The zero-order valence-electron chi connectivity index (χ0n) is 16.8. The van der Waals surface area contributed by atoms with Crippen LogP contribution in [-0.2, 0) is 6.54 Å². The Morgan fingerprint density at radius 3 is 2.63 bits per heavy atom. The monoisotopic (exact) mass is 422 g/mol. The average Bonchev–Trinajstić information content (AvgIpc) is 3.44. The first-order chi connectivity index (χ1) is 14.7. The fourth-order valence-electron chi connectivity index (χ4n) is 3.21. The van der Waals surface area contributed by atoms with Gasteiger partial charge in [-0.15, -0.1) is 0 Å². The van der Waals surface area contributed by atoms with Crippen molar-refractivity contribution in [2.75, 3.05) is 26.5 Å². The van der Waals surface area contributed by atoms with Gasteiger partial charge >= 0.3 is 0 Å². The number of ether oxygens (including phenoxy) is 2. The maximum atomic E-state index is 13.0. The Hall–Kier alpha value is -3.26. The minimum absolute atomic E-state index is 0.229. The summed E-state index contributed by atoms with van der Waals surface area (Å²) in [7, 11) is 3.17. The van der Waals surface area contributed by atoms with Crippen molar-refractivity contribution < 1.29 is 14.3 Å². The van der Waals surface area contributed by atoms with Crippen LogP contribution in [0.5, 0.6) is 11.5 Å². The van der Waals surface area contributed by atoms with Crippen molar-refractivity contribution in [1.29, 1.82) is 0 Å². The summed E-state index contributed by atoms with van der Waals surface area (Å²) in [5.41, 5.74) is 2.92. The number of nitrogens with one attached hydrogen (secondary N) is 1. The second-order valence-electron chi connectivity index (χ2n) is 6.63. The molecule has 30 heavy (non-hydrogen) atoms. The normalized spacial score (nSPS) is 13.1. The number of carbonyl (C=O) groups excluding carboxylic acids is 1. The Balaban J connectivity index is 1.72. The van der Waals surface area contributed by atoms with Crippen LogP contribution in [0.3, 0.4) is 0 Å². The topological polar surface area (TPSA) is 77.7 Å². The highest BCUT2D eigenvalue weighted by Crippen LogP contribution is 2.33. The number of thioether (sulfide) groups is 1. The third-order valence-electron chi connectivity index (χ3n) is 4.66. The zero-order chi connectivity index (χ0) is 20.9. The smallest absolute Gasteiger partial charge is 0.261 e. The molecule has 1 aliphatic rings. The highest BCUT2D eigenvalue weighted by Gasteiger charge is 2.21. The molecule has 8 heteroatoms. The number of benzene rings is 2. The summed E-state index contributed by atoms with van der Waals surface area (Å²) in [5, 5.41) is 8.26. The number of hydrogen-bond acceptors (Lipinski definition) is 6. The van der Waals surface area contributed by atoms with Crippen LogP contribution in [0.25, 0.3) is 11.3 Å². The summed E-state index contributed by atoms with van der Waals surface area (Å²) in [5.74, 6) is 1.85. The molecular formula is C22H22N4O3S. The fraction of sp³-hybridized carbons (Fsp3) is 0.227. The molecule has 0 saturated heterocycles. The molecule has 154 valence electrons. The van der Waals surface area contributed by atoms with E-state index in [9.17, 15) is 4.79 Å². The molecule has 4 rings (SSSR count). The maximum Gasteiger partial charge on any atom is 0.261 e. The minimum Gasteiger partial charge on any atom is -0.493 e. The summed E-state index contributed by atoms with van der Waals surface area (Å²) < 4.78 is 12.5. The second-order valence-corrected chi connectivity index (χ2v) is 7.72. The molecule has 0 saturated carbocycles. The average molecular weight is 423 g/mol. The predicted molar refractivity (Wildman–Crippen MR) is 119 cm³/mol. The fourth-order valence-corrected chi connectivity index (χ4v) is 3.93. The van der Waals surface area contributed by atoms with E-state index < -0.39 is 0 Å². The molecule has 1 aromatic heterocycles. The van der Waals surface area contributed by atoms with Gasteiger partial charge in [0.2, 0.25) is 0 Å². The van der Waals surface area contributed by atoms with Crippen LogP contribution in [0.4, 0.5) is 0 Å². The Morgan fingerprint density at radius 1 is 1.13 bits per heavy atom. The lowest BCUT2D eigenvalue weighted by Crippen LogP contribution is -2.27. The van der Waals surface area contributed by atoms with E-state index in [0.717, 1.165) is 23.4 Å². The van der Waals surface area contributed by atoms with Crippen LogP contribution in [0, 0.1) is 0 Å². The third kappa shape index (κ3) is 4.33. The summed E-state index contributed by atoms with van der Waals surface area (Å²) in [6.07, 6.45) is 1.77. The number of amides is 1. The summed E-state index contributed by atoms with van der Waals surface area (Å²) in [6, 6.07) is 15.5. The molecule has 1 N–H and O–H groups in total. The Kier molecular flexibility index (Phi) is 6.04. The van der Waals surface area contributed by atoms with Gasteiger partial charge in [0.1, 0.15) is 5.69 Å². The lowest BCUT2D eigenvalue weighted by atomic mass is 10.1.